The predicted octanol–water partition coefficient (Wildman–Crippen LogP) is 1.91. The molecule has 0 aliphatic carbocycles. The Morgan fingerprint density at radius 1 is 0.941 bits per heavy atom. The fourth-order valence-corrected chi connectivity index (χ4v) is 3.20. The molecule has 0 aromatic heterocycles. The molecule has 1 atom stereocenters. The van der Waals surface area contributed by atoms with Crippen LogP contribution in [0.4, 0.5) is 0 Å². The number of para-hydroxylation sites is 1. The van der Waals surface area contributed by atoms with Gasteiger partial charge in [-0.25, -0.2) is 4.57 Å². The van der Waals surface area contributed by atoms with Crippen LogP contribution in [-0.2, 0) is 4.57 Å². The molecule has 0 bridgehead atoms. The minimum absolute atomic E-state index is 0. The van der Waals surface area contributed by atoms with Crippen LogP contribution in [0.3, 0.4) is 0 Å². The zero-order valence-electron chi connectivity index (χ0n) is 8.33. The Hall–Kier alpha value is -0.973. The maximum absolute atomic E-state index is 12.0. The summed E-state index contributed by atoms with van der Waals surface area (Å²) in [6.45, 7) is 0. The zero-order chi connectivity index (χ0) is 11.2. The van der Waals surface area contributed by atoms with Gasteiger partial charge >= 0.3 is 26.5 Å². The summed E-state index contributed by atoms with van der Waals surface area (Å²) in [5.74, 6) is 0.465. The van der Waals surface area contributed by atoms with E-state index in [1.807, 2.05) is 24.3 Å². The molecular weight excluding hydrogens is 230 g/mol. The van der Waals surface area contributed by atoms with Gasteiger partial charge in [-0.2, -0.15) is 0 Å². The average molecular weight is 240 g/mol. The molecule has 1 aliphatic rings. The molecule has 0 saturated carbocycles. The van der Waals surface area contributed by atoms with Crippen LogP contribution >= 0.6 is 7.60 Å². The third kappa shape index (κ3) is 1.96. The molecule has 2 aromatic rings. The molecule has 0 spiro atoms. The van der Waals surface area contributed by atoms with E-state index < -0.39 is 7.60 Å². The second kappa shape index (κ2) is 4.36. The first-order chi connectivity index (χ1) is 7.68. The van der Waals surface area contributed by atoms with Gasteiger partial charge in [-0.05, 0) is 12.1 Å². The van der Waals surface area contributed by atoms with Crippen molar-refractivity contribution < 1.29 is 14.0 Å². The molecule has 1 N–H and O–H groups in total. The van der Waals surface area contributed by atoms with Crippen molar-refractivity contribution in [2.24, 2.45) is 0 Å². The van der Waals surface area contributed by atoms with E-state index in [0.717, 1.165) is 11.1 Å². The third-order valence-electron chi connectivity index (χ3n) is 2.61. The summed E-state index contributed by atoms with van der Waals surface area (Å²) >= 11 is 0. The van der Waals surface area contributed by atoms with Gasteiger partial charge in [0.25, 0.3) is 0 Å². The van der Waals surface area contributed by atoms with Gasteiger partial charge in [-0.15, -0.1) is 0 Å². The molecule has 2 aromatic carbocycles. The Kier molecular flexibility index (Phi) is 3.21. The summed E-state index contributed by atoms with van der Waals surface area (Å²) < 4.78 is 17.1. The average Bonchev–Trinajstić information content (AvgIpc) is 2.29. The Morgan fingerprint density at radius 2 is 1.53 bits per heavy atom. The van der Waals surface area contributed by atoms with Crippen LogP contribution in [0.25, 0.3) is 11.1 Å². The first kappa shape index (κ1) is 12.5. The van der Waals surface area contributed by atoms with Gasteiger partial charge in [0.2, 0.25) is 0 Å². The Morgan fingerprint density at radius 3 is 2.29 bits per heavy atom. The molecule has 3 nitrogen and oxygen atoms in total. The monoisotopic (exact) mass is 240 g/mol. The molecule has 3 rings (SSSR count). The van der Waals surface area contributed by atoms with Crippen LogP contribution in [0.1, 0.15) is 0 Å². The minimum atomic E-state index is -3.71. The number of hydrogen-bond donors (Lipinski definition) is 1. The van der Waals surface area contributed by atoms with E-state index in [1.165, 1.54) is 0 Å². The molecule has 17 heavy (non-hydrogen) atoms. The van der Waals surface area contributed by atoms with E-state index in [-0.39, 0.29) is 18.9 Å². The topological polar surface area (TPSA) is 46.5 Å². The molecule has 5 heteroatoms. The van der Waals surface area contributed by atoms with Crippen molar-refractivity contribution in [2.45, 2.75) is 0 Å². The van der Waals surface area contributed by atoms with Crippen LogP contribution in [0.15, 0.2) is 48.5 Å². The molecule has 0 fully saturated rings. The van der Waals surface area contributed by atoms with Gasteiger partial charge in [0.15, 0.2) is 0 Å². The van der Waals surface area contributed by atoms with Crippen molar-refractivity contribution in [3.8, 4) is 16.9 Å². The summed E-state index contributed by atoms with van der Waals surface area (Å²) in [4.78, 5) is 9.81. The Bertz CT molecular complexity index is 612. The number of rotatable bonds is 0. The predicted molar refractivity (Wildman–Crippen MR) is 69.1 cm³/mol. The first-order valence-electron chi connectivity index (χ1n) is 4.90. The number of hydrogen-bond acceptors (Lipinski definition) is 2. The summed E-state index contributed by atoms with van der Waals surface area (Å²) in [6, 6.07) is 14.3. The second-order valence-electron chi connectivity index (χ2n) is 3.63. The van der Waals surface area contributed by atoms with E-state index in [2.05, 4.69) is 0 Å². The maximum atomic E-state index is 12.0. The zero-order valence-corrected chi connectivity index (χ0v) is 9.22. The molecule has 1 aliphatic heterocycles. The Labute approximate surface area is 111 Å². The van der Waals surface area contributed by atoms with Gasteiger partial charge in [0, 0.05) is 11.1 Å². The fraction of sp³-hybridized carbons (Fsp3) is 0. The van der Waals surface area contributed by atoms with E-state index in [1.54, 1.807) is 24.3 Å². The quantitative estimate of drug-likeness (QED) is 0.565. The van der Waals surface area contributed by atoms with E-state index >= 15 is 0 Å². The summed E-state index contributed by atoms with van der Waals surface area (Å²) in [6.07, 6.45) is 0. The van der Waals surface area contributed by atoms with Crippen molar-refractivity contribution in [1.82, 2.24) is 0 Å². The molecule has 1 heterocycles. The summed E-state index contributed by atoms with van der Waals surface area (Å²) in [7, 11) is -3.71. The molecule has 1 unspecified atom stereocenters. The van der Waals surface area contributed by atoms with E-state index in [9.17, 15) is 9.46 Å². The molecule has 82 valence electrons. The summed E-state index contributed by atoms with van der Waals surface area (Å²) in [5.41, 5.74) is 1.63. The number of benzene rings is 2. The molecular formula is C12H10LiO3P. The normalized spacial score (nSPS) is 20.5. The van der Waals surface area contributed by atoms with Crippen molar-refractivity contribution in [3.63, 3.8) is 0 Å². The molecule has 0 radical (unpaired) electrons. The molecule has 0 amide bonds. The van der Waals surface area contributed by atoms with Crippen molar-refractivity contribution in [2.75, 3.05) is 0 Å². The van der Waals surface area contributed by atoms with Crippen LogP contribution < -0.4 is 9.83 Å². The van der Waals surface area contributed by atoms with Gasteiger partial charge in [0.05, 0.1) is 5.30 Å². The summed E-state index contributed by atoms with van der Waals surface area (Å²) in [5, 5.41) is 0.369. The van der Waals surface area contributed by atoms with Crippen molar-refractivity contribution in [3.05, 3.63) is 48.5 Å². The van der Waals surface area contributed by atoms with Crippen molar-refractivity contribution >= 4 is 31.8 Å². The van der Waals surface area contributed by atoms with Crippen LogP contribution in [0.2, 0.25) is 0 Å². The third-order valence-corrected chi connectivity index (χ3v) is 4.05. The van der Waals surface area contributed by atoms with Gasteiger partial charge in [0.1, 0.15) is 5.75 Å². The van der Waals surface area contributed by atoms with Gasteiger partial charge in [-0.1, -0.05) is 36.4 Å². The first-order valence-corrected chi connectivity index (χ1v) is 6.48. The van der Waals surface area contributed by atoms with Crippen molar-refractivity contribution in [1.29, 1.82) is 0 Å². The number of fused-ring (bicyclic) bond motifs is 3. The van der Waals surface area contributed by atoms with Gasteiger partial charge < -0.3 is 9.42 Å². The molecule has 0 saturated heterocycles. The fourth-order valence-electron chi connectivity index (χ4n) is 1.90. The van der Waals surface area contributed by atoms with Crippen LogP contribution in [-0.4, -0.2) is 23.8 Å². The van der Waals surface area contributed by atoms with E-state index in [4.69, 9.17) is 4.52 Å². The van der Waals surface area contributed by atoms with E-state index in [0.29, 0.717) is 11.1 Å². The van der Waals surface area contributed by atoms with Gasteiger partial charge in [-0.3, -0.25) is 0 Å². The SMILES string of the molecule is O=P1(O)Oc2ccccc2-c2ccccc21.[LiH]. The Balaban J connectivity index is 0.00000108. The second-order valence-corrected chi connectivity index (χ2v) is 5.33. The van der Waals surface area contributed by atoms with Crippen LogP contribution in [0, 0.1) is 0 Å². The standard InChI is InChI=1S/C12H9O3P.Li.H/c13-16(14)12-8-4-2-6-10(12)9-5-1-3-7-11(9)15-16;;/h1-8H,(H,13,14);;. The van der Waals surface area contributed by atoms with Crippen LogP contribution in [0.5, 0.6) is 5.75 Å².